The summed E-state index contributed by atoms with van der Waals surface area (Å²) in [6, 6.07) is 5.98. The molecule has 0 aliphatic carbocycles. The molecule has 0 radical (unpaired) electrons. The first kappa shape index (κ1) is 12.8. The number of nitrogens with one attached hydrogen (secondary N) is 1. The molecule has 3 rings (SSSR count). The highest BCUT2D eigenvalue weighted by Gasteiger charge is 2.43. The van der Waals surface area contributed by atoms with Crippen molar-refractivity contribution in [2.75, 3.05) is 26.8 Å². The van der Waals surface area contributed by atoms with Crippen LogP contribution >= 0.6 is 0 Å². The second kappa shape index (κ2) is 5.02. The van der Waals surface area contributed by atoms with Crippen LogP contribution in [0.3, 0.4) is 0 Å². The van der Waals surface area contributed by atoms with Crippen molar-refractivity contribution in [1.82, 2.24) is 5.32 Å². The Kier molecular flexibility index (Phi) is 3.37. The zero-order valence-corrected chi connectivity index (χ0v) is 11.6. The minimum Gasteiger partial charge on any atom is -0.497 e. The van der Waals surface area contributed by atoms with Gasteiger partial charge in [0.15, 0.2) is 0 Å². The SMILES string of the molecule is CCOC1CC2(CCNC2)Oc2ccc(OC)cc21. The van der Waals surface area contributed by atoms with Gasteiger partial charge in [-0.05, 0) is 31.7 Å². The summed E-state index contributed by atoms with van der Waals surface area (Å²) in [7, 11) is 1.68. The average molecular weight is 263 g/mol. The van der Waals surface area contributed by atoms with Crippen molar-refractivity contribution in [3.63, 3.8) is 0 Å². The Morgan fingerprint density at radius 1 is 1.47 bits per heavy atom. The van der Waals surface area contributed by atoms with Crippen LogP contribution in [0.15, 0.2) is 18.2 Å². The highest BCUT2D eigenvalue weighted by Crippen LogP contribution is 2.45. The topological polar surface area (TPSA) is 39.7 Å². The Morgan fingerprint density at radius 2 is 2.37 bits per heavy atom. The van der Waals surface area contributed by atoms with Gasteiger partial charge in [-0.3, -0.25) is 0 Å². The monoisotopic (exact) mass is 263 g/mol. The molecule has 4 nitrogen and oxygen atoms in total. The molecule has 0 amide bonds. The Hall–Kier alpha value is -1.26. The van der Waals surface area contributed by atoms with E-state index in [2.05, 4.69) is 5.32 Å². The molecule has 2 aliphatic heterocycles. The fraction of sp³-hybridized carbons (Fsp3) is 0.600. The van der Waals surface area contributed by atoms with Crippen molar-refractivity contribution in [2.24, 2.45) is 0 Å². The standard InChI is InChI=1S/C15H21NO3/c1-3-18-14-9-15(6-7-16-10-15)19-13-5-4-11(17-2)8-12(13)14/h4-5,8,14,16H,3,6-7,9-10H2,1-2H3. The Labute approximate surface area is 114 Å². The van der Waals surface area contributed by atoms with Crippen LogP contribution in [0.5, 0.6) is 11.5 Å². The van der Waals surface area contributed by atoms with Gasteiger partial charge in [0.25, 0.3) is 0 Å². The van der Waals surface area contributed by atoms with Crippen molar-refractivity contribution in [1.29, 1.82) is 0 Å². The third kappa shape index (κ3) is 2.30. The van der Waals surface area contributed by atoms with Gasteiger partial charge in [0, 0.05) is 31.6 Å². The van der Waals surface area contributed by atoms with Crippen LogP contribution in [0.2, 0.25) is 0 Å². The largest absolute Gasteiger partial charge is 0.497 e. The summed E-state index contributed by atoms with van der Waals surface area (Å²) >= 11 is 0. The summed E-state index contributed by atoms with van der Waals surface area (Å²) in [5.74, 6) is 1.79. The Bertz CT molecular complexity index is 455. The number of hydrogen-bond acceptors (Lipinski definition) is 4. The van der Waals surface area contributed by atoms with Crippen molar-refractivity contribution in [2.45, 2.75) is 31.5 Å². The Balaban J connectivity index is 1.96. The molecule has 1 spiro atoms. The molecule has 1 aromatic rings. The summed E-state index contributed by atoms with van der Waals surface area (Å²) in [5, 5.41) is 3.39. The molecule has 2 atom stereocenters. The predicted octanol–water partition coefficient (Wildman–Crippen LogP) is 2.29. The van der Waals surface area contributed by atoms with Crippen LogP contribution < -0.4 is 14.8 Å². The second-order valence-corrected chi connectivity index (χ2v) is 5.26. The molecule has 0 aromatic heterocycles. The number of rotatable bonds is 3. The van der Waals surface area contributed by atoms with E-state index in [0.29, 0.717) is 6.61 Å². The number of methoxy groups -OCH3 is 1. The van der Waals surface area contributed by atoms with Crippen molar-refractivity contribution in [3.8, 4) is 11.5 Å². The van der Waals surface area contributed by atoms with Gasteiger partial charge in [-0.1, -0.05) is 0 Å². The lowest BCUT2D eigenvalue weighted by molar-refractivity contribution is -0.0355. The van der Waals surface area contributed by atoms with E-state index in [1.165, 1.54) is 0 Å². The third-order valence-electron chi connectivity index (χ3n) is 4.02. The van der Waals surface area contributed by atoms with Crippen LogP contribution in [0, 0.1) is 0 Å². The molecular weight excluding hydrogens is 242 g/mol. The molecule has 2 aliphatic rings. The van der Waals surface area contributed by atoms with E-state index in [9.17, 15) is 0 Å². The number of hydrogen-bond donors (Lipinski definition) is 1. The first-order chi connectivity index (χ1) is 9.26. The molecule has 19 heavy (non-hydrogen) atoms. The molecule has 0 bridgehead atoms. The zero-order valence-electron chi connectivity index (χ0n) is 11.6. The second-order valence-electron chi connectivity index (χ2n) is 5.26. The fourth-order valence-electron chi connectivity index (χ4n) is 3.05. The van der Waals surface area contributed by atoms with Crippen LogP contribution in [0.25, 0.3) is 0 Å². The first-order valence-electron chi connectivity index (χ1n) is 6.95. The summed E-state index contributed by atoms with van der Waals surface area (Å²) in [6.07, 6.45) is 2.06. The summed E-state index contributed by atoms with van der Waals surface area (Å²) in [6.45, 7) is 4.67. The average Bonchev–Trinajstić information content (AvgIpc) is 2.86. The lowest BCUT2D eigenvalue weighted by Crippen LogP contribution is -2.43. The molecule has 2 heterocycles. The highest BCUT2D eigenvalue weighted by molar-refractivity contribution is 5.44. The smallest absolute Gasteiger partial charge is 0.126 e. The maximum Gasteiger partial charge on any atom is 0.126 e. The van der Waals surface area contributed by atoms with Gasteiger partial charge in [-0.25, -0.2) is 0 Å². The molecule has 1 N–H and O–H groups in total. The van der Waals surface area contributed by atoms with Gasteiger partial charge in [-0.2, -0.15) is 0 Å². The highest BCUT2D eigenvalue weighted by atomic mass is 16.5. The zero-order chi connectivity index (χ0) is 13.3. The van der Waals surface area contributed by atoms with Crippen LogP contribution in [-0.2, 0) is 4.74 Å². The van der Waals surface area contributed by atoms with E-state index in [-0.39, 0.29) is 11.7 Å². The number of ether oxygens (including phenoxy) is 3. The molecule has 1 saturated heterocycles. The molecule has 0 saturated carbocycles. The van der Waals surface area contributed by atoms with E-state index < -0.39 is 0 Å². The minimum absolute atomic E-state index is 0.0958. The molecular formula is C15H21NO3. The lowest BCUT2D eigenvalue weighted by Gasteiger charge is -2.39. The van der Waals surface area contributed by atoms with E-state index in [0.717, 1.165) is 43.0 Å². The van der Waals surface area contributed by atoms with Crippen LogP contribution in [0.1, 0.15) is 31.4 Å². The van der Waals surface area contributed by atoms with Crippen molar-refractivity contribution in [3.05, 3.63) is 23.8 Å². The van der Waals surface area contributed by atoms with Gasteiger partial charge < -0.3 is 19.5 Å². The number of fused-ring (bicyclic) bond motifs is 1. The summed E-state index contributed by atoms with van der Waals surface area (Å²) in [4.78, 5) is 0. The quantitative estimate of drug-likeness (QED) is 0.908. The van der Waals surface area contributed by atoms with Crippen LogP contribution in [0.4, 0.5) is 0 Å². The van der Waals surface area contributed by atoms with E-state index in [4.69, 9.17) is 14.2 Å². The minimum atomic E-state index is -0.0958. The van der Waals surface area contributed by atoms with E-state index in [1.807, 2.05) is 25.1 Å². The third-order valence-corrected chi connectivity index (χ3v) is 4.02. The Morgan fingerprint density at radius 3 is 3.05 bits per heavy atom. The van der Waals surface area contributed by atoms with Gasteiger partial charge in [0.1, 0.15) is 17.1 Å². The van der Waals surface area contributed by atoms with Crippen molar-refractivity contribution < 1.29 is 14.2 Å². The van der Waals surface area contributed by atoms with Crippen molar-refractivity contribution >= 4 is 0 Å². The molecule has 2 unspecified atom stereocenters. The van der Waals surface area contributed by atoms with Gasteiger partial charge in [-0.15, -0.1) is 0 Å². The first-order valence-corrected chi connectivity index (χ1v) is 6.95. The van der Waals surface area contributed by atoms with Gasteiger partial charge >= 0.3 is 0 Å². The predicted molar refractivity (Wildman–Crippen MR) is 72.8 cm³/mol. The van der Waals surface area contributed by atoms with Crippen LogP contribution in [-0.4, -0.2) is 32.4 Å². The van der Waals surface area contributed by atoms with Gasteiger partial charge in [0.2, 0.25) is 0 Å². The lowest BCUT2D eigenvalue weighted by atomic mass is 9.88. The van der Waals surface area contributed by atoms with E-state index in [1.54, 1.807) is 7.11 Å². The maximum atomic E-state index is 6.26. The molecule has 4 heteroatoms. The fourth-order valence-corrected chi connectivity index (χ4v) is 3.05. The molecule has 104 valence electrons. The summed E-state index contributed by atoms with van der Waals surface area (Å²) < 4.78 is 17.5. The maximum absolute atomic E-state index is 6.26. The van der Waals surface area contributed by atoms with Gasteiger partial charge in [0.05, 0.1) is 13.2 Å². The normalized spacial score (nSPS) is 29.1. The molecule has 1 fully saturated rings. The summed E-state index contributed by atoms with van der Waals surface area (Å²) in [5.41, 5.74) is 1.01. The molecule has 1 aromatic carbocycles. The number of benzene rings is 1. The van der Waals surface area contributed by atoms with E-state index >= 15 is 0 Å².